The molecule has 0 saturated heterocycles. The second kappa shape index (κ2) is 6.38. The molecule has 0 heterocycles. The Morgan fingerprint density at radius 3 is 2.31 bits per heavy atom. The lowest BCUT2D eigenvalue weighted by Crippen LogP contribution is -2.34. The molecule has 2 atom stereocenters. The molecule has 90 valence electrons. The van der Waals surface area contributed by atoms with Crippen molar-refractivity contribution in [2.75, 3.05) is 13.6 Å². The van der Waals surface area contributed by atoms with E-state index in [-0.39, 0.29) is 6.04 Å². The fourth-order valence-electron chi connectivity index (χ4n) is 1.62. The van der Waals surface area contributed by atoms with Crippen LogP contribution in [0, 0.1) is 5.92 Å². The highest BCUT2D eigenvalue weighted by Gasteiger charge is 2.10. The third-order valence-electron chi connectivity index (χ3n) is 2.86. The van der Waals surface area contributed by atoms with E-state index in [1.54, 1.807) is 0 Å². The van der Waals surface area contributed by atoms with Crippen LogP contribution in [-0.2, 0) is 6.54 Å². The van der Waals surface area contributed by atoms with Crippen molar-refractivity contribution >= 4 is 15.9 Å². The Labute approximate surface area is 107 Å². The third-order valence-corrected chi connectivity index (χ3v) is 3.39. The summed E-state index contributed by atoms with van der Waals surface area (Å²) in [6.45, 7) is 6.28. The number of hydrogen-bond acceptors (Lipinski definition) is 2. The molecule has 0 aliphatic heterocycles. The van der Waals surface area contributed by atoms with E-state index in [9.17, 15) is 0 Å². The van der Waals surface area contributed by atoms with Gasteiger partial charge in [0.25, 0.3) is 0 Å². The first-order chi connectivity index (χ1) is 7.49. The molecule has 0 aliphatic carbocycles. The Hall–Kier alpha value is -0.380. The molecule has 0 spiro atoms. The average molecular weight is 285 g/mol. The van der Waals surface area contributed by atoms with Gasteiger partial charge < -0.3 is 10.6 Å². The zero-order valence-electron chi connectivity index (χ0n) is 10.3. The van der Waals surface area contributed by atoms with E-state index in [2.05, 4.69) is 66.0 Å². The Kier molecular flexibility index (Phi) is 5.46. The van der Waals surface area contributed by atoms with Crippen LogP contribution in [-0.4, -0.2) is 24.5 Å². The maximum Gasteiger partial charge on any atom is 0.0230 e. The van der Waals surface area contributed by atoms with Crippen LogP contribution >= 0.6 is 15.9 Å². The van der Waals surface area contributed by atoms with E-state index in [0.717, 1.165) is 17.6 Å². The molecular formula is C13H21BrN2. The molecule has 0 aliphatic rings. The van der Waals surface area contributed by atoms with Gasteiger partial charge in [0.15, 0.2) is 0 Å². The van der Waals surface area contributed by atoms with Crippen LogP contribution in [0.1, 0.15) is 19.4 Å². The molecule has 0 bridgehead atoms. The Bertz CT molecular complexity index is 308. The van der Waals surface area contributed by atoms with Crippen molar-refractivity contribution in [1.82, 2.24) is 4.90 Å². The van der Waals surface area contributed by atoms with Crippen molar-refractivity contribution in [3.05, 3.63) is 34.3 Å². The van der Waals surface area contributed by atoms with Crippen LogP contribution in [0.5, 0.6) is 0 Å². The minimum atomic E-state index is 0.257. The summed E-state index contributed by atoms with van der Waals surface area (Å²) in [5.74, 6) is 0.528. The maximum atomic E-state index is 5.86. The summed E-state index contributed by atoms with van der Waals surface area (Å²) in [6, 6.07) is 8.72. The molecule has 2 nitrogen and oxygen atoms in total. The summed E-state index contributed by atoms with van der Waals surface area (Å²) in [5.41, 5.74) is 7.20. The highest BCUT2D eigenvalue weighted by molar-refractivity contribution is 9.10. The fourth-order valence-corrected chi connectivity index (χ4v) is 1.89. The Morgan fingerprint density at radius 2 is 1.81 bits per heavy atom. The largest absolute Gasteiger partial charge is 0.328 e. The topological polar surface area (TPSA) is 29.3 Å². The number of halogens is 1. The van der Waals surface area contributed by atoms with E-state index in [1.807, 2.05) is 0 Å². The minimum Gasteiger partial charge on any atom is -0.328 e. The van der Waals surface area contributed by atoms with Gasteiger partial charge in [0.2, 0.25) is 0 Å². The highest BCUT2D eigenvalue weighted by Crippen LogP contribution is 2.12. The predicted octanol–water partition coefficient (Wildman–Crippen LogP) is 2.86. The fraction of sp³-hybridized carbons (Fsp3) is 0.538. The summed E-state index contributed by atoms with van der Waals surface area (Å²) >= 11 is 3.44. The molecular weight excluding hydrogens is 264 g/mol. The molecule has 3 heteroatoms. The standard InChI is InChI=1S/C13H21BrN2/c1-10(11(2)15)8-16(3)9-12-4-6-13(14)7-5-12/h4-7,10-11H,8-9,15H2,1-3H3. The van der Waals surface area contributed by atoms with Gasteiger partial charge in [0, 0.05) is 23.6 Å². The molecule has 1 aromatic carbocycles. The molecule has 0 radical (unpaired) electrons. The molecule has 0 saturated carbocycles. The van der Waals surface area contributed by atoms with Crippen LogP contribution in [0.3, 0.4) is 0 Å². The van der Waals surface area contributed by atoms with Crippen LogP contribution in [0.2, 0.25) is 0 Å². The van der Waals surface area contributed by atoms with Crippen LogP contribution in [0.25, 0.3) is 0 Å². The average Bonchev–Trinajstić information content (AvgIpc) is 2.21. The quantitative estimate of drug-likeness (QED) is 0.901. The molecule has 0 fully saturated rings. The molecule has 1 rings (SSSR count). The molecule has 0 aromatic heterocycles. The van der Waals surface area contributed by atoms with Gasteiger partial charge in [-0.1, -0.05) is 35.0 Å². The van der Waals surface area contributed by atoms with E-state index in [4.69, 9.17) is 5.73 Å². The van der Waals surface area contributed by atoms with Gasteiger partial charge >= 0.3 is 0 Å². The number of hydrogen-bond donors (Lipinski definition) is 1. The van der Waals surface area contributed by atoms with E-state index < -0.39 is 0 Å². The van der Waals surface area contributed by atoms with Crippen molar-refractivity contribution < 1.29 is 0 Å². The smallest absolute Gasteiger partial charge is 0.0230 e. The van der Waals surface area contributed by atoms with Gasteiger partial charge in [-0.15, -0.1) is 0 Å². The first kappa shape index (κ1) is 13.7. The highest BCUT2D eigenvalue weighted by atomic mass is 79.9. The lowest BCUT2D eigenvalue weighted by Gasteiger charge is -2.23. The second-order valence-electron chi connectivity index (χ2n) is 4.66. The maximum absolute atomic E-state index is 5.86. The van der Waals surface area contributed by atoms with E-state index in [1.165, 1.54) is 5.56 Å². The van der Waals surface area contributed by atoms with Crippen molar-refractivity contribution in [2.45, 2.75) is 26.4 Å². The number of rotatable bonds is 5. The summed E-state index contributed by atoms with van der Waals surface area (Å²) in [7, 11) is 2.14. The van der Waals surface area contributed by atoms with E-state index >= 15 is 0 Å². The SMILES string of the molecule is CC(N)C(C)CN(C)Cc1ccc(Br)cc1. The number of nitrogens with zero attached hydrogens (tertiary/aromatic N) is 1. The number of nitrogens with two attached hydrogens (primary N) is 1. The molecule has 16 heavy (non-hydrogen) atoms. The predicted molar refractivity (Wildman–Crippen MR) is 73.3 cm³/mol. The third kappa shape index (κ3) is 4.64. The summed E-state index contributed by atoms with van der Waals surface area (Å²) in [6.07, 6.45) is 0. The van der Waals surface area contributed by atoms with Gasteiger partial charge in [0.05, 0.1) is 0 Å². The number of benzene rings is 1. The van der Waals surface area contributed by atoms with Gasteiger partial charge in [-0.3, -0.25) is 0 Å². The van der Waals surface area contributed by atoms with Gasteiger partial charge in [-0.05, 0) is 37.6 Å². The van der Waals surface area contributed by atoms with Crippen molar-refractivity contribution in [1.29, 1.82) is 0 Å². The van der Waals surface area contributed by atoms with Crippen LogP contribution < -0.4 is 5.73 Å². The van der Waals surface area contributed by atoms with E-state index in [0.29, 0.717) is 5.92 Å². The Balaban J connectivity index is 2.45. The summed E-state index contributed by atoms with van der Waals surface area (Å²) < 4.78 is 1.13. The molecule has 2 unspecified atom stereocenters. The summed E-state index contributed by atoms with van der Waals surface area (Å²) in [5, 5.41) is 0. The minimum absolute atomic E-state index is 0.257. The lowest BCUT2D eigenvalue weighted by molar-refractivity contribution is 0.262. The van der Waals surface area contributed by atoms with Crippen LogP contribution in [0.4, 0.5) is 0 Å². The first-order valence-electron chi connectivity index (χ1n) is 5.67. The van der Waals surface area contributed by atoms with Gasteiger partial charge in [-0.25, -0.2) is 0 Å². The lowest BCUT2D eigenvalue weighted by atomic mass is 10.0. The Morgan fingerprint density at radius 1 is 1.25 bits per heavy atom. The van der Waals surface area contributed by atoms with Gasteiger partial charge in [0.1, 0.15) is 0 Å². The second-order valence-corrected chi connectivity index (χ2v) is 5.58. The summed E-state index contributed by atoms with van der Waals surface area (Å²) in [4.78, 5) is 2.32. The van der Waals surface area contributed by atoms with Crippen molar-refractivity contribution in [2.24, 2.45) is 11.7 Å². The zero-order valence-corrected chi connectivity index (χ0v) is 11.9. The molecule has 0 amide bonds. The van der Waals surface area contributed by atoms with Crippen LogP contribution in [0.15, 0.2) is 28.7 Å². The normalized spacial score (nSPS) is 15.1. The monoisotopic (exact) mass is 284 g/mol. The van der Waals surface area contributed by atoms with Crippen molar-refractivity contribution in [3.8, 4) is 0 Å². The molecule has 1 aromatic rings. The van der Waals surface area contributed by atoms with Crippen molar-refractivity contribution in [3.63, 3.8) is 0 Å². The molecule has 2 N–H and O–H groups in total. The van der Waals surface area contributed by atoms with Gasteiger partial charge in [-0.2, -0.15) is 0 Å². The zero-order chi connectivity index (χ0) is 12.1. The first-order valence-corrected chi connectivity index (χ1v) is 6.47.